The van der Waals surface area contributed by atoms with Gasteiger partial charge in [-0.2, -0.15) is 0 Å². The van der Waals surface area contributed by atoms with Crippen molar-refractivity contribution in [2.24, 2.45) is 0 Å². The van der Waals surface area contributed by atoms with E-state index in [1.54, 1.807) is 0 Å². The molecule has 314 valence electrons. The van der Waals surface area contributed by atoms with Gasteiger partial charge in [0.1, 0.15) is 5.82 Å². The van der Waals surface area contributed by atoms with Crippen molar-refractivity contribution in [3.8, 4) is 0 Å². The summed E-state index contributed by atoms with van der Waals surface area (Å²) in [5, 5.41) is 0. The number of likely N-dealkylation sites (N-methyl/N-ethyl adjacent to an activating group) is 1. The minimum absolute atomic E-state index is 0.119. The number of aryl methyl sites for hydroxylation is 1. The number of carbonyl (C=O) groups excluding carboxylic acids is 2. The fourth-order valence-electron chi connectivity index (χ4n) is 9.63. The van der Waals surface area contributed by atoms with Crippen LogP contribution in [0.15, 0.2) is 103 Å². The molecular formula is C50H62N8O2. The normalized spacial score (nSPS) is 18.0. The predicted octanol–water partition coefficient (Wildman–Crippen LogP) is 8.51. The predicted molar refractivity (Wildman–Crippen MR) is 241 cm³/mol. The molecule has 60 heavy (non-hydrogen) atoms. The van der Waals surface area contributed by atoms with Crippen molar-refractivity contribution >= 4 is 33.9 Å². The molecule has 9 rings (SSSR count). The molecule has 2 saturated heterocycles. The number of hydrogen-bond donors (Lipinski definition) is 0. The van der Waals surface area contributed by atoms with Gasteiger partial charge in [0.2, 0.25) is 0 Å². The monoisotopic (exact) mass is 806 g/mol. The Balaban J connectivity index is 0.000000166. The van der Waals surface area contributed by atoms with E-state index in [0.29, 0.717) is 18.1 Å². The van der Waals surface area contributed by atoms with Crippen molar-refractivity contribution in [3.05, 3.63) is 131 Å². The Labute approximate surface area is 355 Å². The van der Waals surface area contributed by atoms with Gasteiger partial charge in [-0.1, -0.05) is 61.4 Å². The zero-order valence-corrected chi connectivity index (χ0v) is 36.2. The van der Waals surface area contributed by atoms with Crippen LogP contribution >= 0.6 is 0 Å². The van der Waals surface area contributed by atoms with E-state index in [2.05, 4.69) is 79.1 Å². The summed E-state index contributed by atoms with van der Waals surface area (Å²) in [6.45, 7) is 12.3. The third-order valence-corrected chi connectivity index (χ3v) is 13.5. The molecule has 1 saturated carbocycles. The SMILES string of the molecule is CN(C(=O)c1ccc(Cn2cnc3ccccc32)cc1)[C@@H]1CCN(C2CCCC2)C1.Cc1nc2ccccc2n1Cc1ccc(C(=O)N(C)C2CCN(C(C)C)CC2)cc1. The smallest absolute Gasteiger partial charge is 0.253 e. The van der Waals surface area contributed by atoms with E-state index < -0.39 is 0 Å². The fraction of sp³-hybridized carbons (Fsp3) is 0.440. The zero-order chi connectivity index (χ0) is 41.8. The largest absolute Gasteiger partial charge is 0.339 e. The van der Waals surface area contributed by atoms with E-state index >= 15 is 0 Å². The van der Waals surface area contributed by atoms with Crippen LogP contribution in [-0.2, 0) is 13.1 Å². The molecule has 0 bridgehead atoms. The van der Waals surface area contributed by atoms with Crippen LogP contribution in [0.3, 0.4) is 0 Å². The lowest BCUT2D eigenvalue weighted by atomic mass is 10.0. The van der Waals surface area contributed by atoms with Gasteiger partial charge in [0.05, 0.1) is 28.4 Å². The van der Waals surface area contributed by atoms with E-state index in [9.17, 15) is 9.59 Å². The molecule has 4 aromatic carbocycles. The summed E-state index contributed by atoms with van der Waals surface area (Å²) >= 11 is 0. The highest BCUT2D eigenvalue weighted by Crippen LogP contribution is 2.28. The van der Waals surface area contributed by atoms with Gasteiger partial charge in [-0.3, -0.25) is 14.5 Å². The Hall–Kier alpha value is -5.32. The first-order valence-corrected chi connectivity index (χ1v) is 22.1. The molecule has 0 spiro atoms. The lowest BCUT2D eigenvalue weighted by Crippen LogP contribution is -2.47. The minimum atomic E-state index is 0.119. The van der Waals surface area contributed by atoms with Crippen LogP contribution in [0.4, 0.5) is 0 Å². The lowest BCUT2D eigenvalue weighted by molar-refractivity contribution is 0.0615. The third kappa shape index (κ3) is 9.20. The zero-order valence-electron chi connectivity index (χ0n) is 36.2. The summed E-state index contributed by atoms with van der Waals surface area (Å²) in [5.74, 6) is 1.26. The van der Waals surface area contributed by atoms with Crippen molar-refractivity contribution < 1.29 is 9.59 Å². The summed E-state index contributed by atoms with van der Waals surface area (Å²) in [6.07, 6.45) is 10.5. The average molecular weight is 807 g/mol. The maximum absolute atomic E-state index is 13.1. The van der Waals surface area contributed by atoms with Crippen LogP contribution in [0.5, 0.6) is 0 Å². The van der Waals surface area contributed by atoms with Gasteiger partial charge >= 0.3 is 0 Å². The highest BCUT2D eigenvalue weighted by molar-refractivity contribution is 5.95. The summed E-state index contributed by atoms with van der Waals surface area (Å²) in [6, 6.07) is 34.5. The molecule has 1 atom stereocenters. The molecule has 6 aromatic rings. The van der Waals surface area contributed by atoms with Crippen molar-refractivity contribution in [2.45, 2.75) is 103 Å². The second kappa shape index (κ2) is 18.5. The highest BCUT2D eigenvalue weighted by atomic mass is 16.2. The molecule has 10 heteroatoms. The topological polar surface area (TPSA) is 82.7 Å². The molecule has 10 nitrogen and oxygen atoms in total. The number of rotatable bonds is 10. The first kappa shape index (κ1) is 41.4. The number of para-hydroxylation sites is 4. The average Bonchev–Trinajstić information content (AvgIpc) is 4.12. The van der Waals surface area contributed by atoms with Crippen LogP contribution < -0.4 is 0 Å². The molecule has 3 fully saturated rings. The standard InChI is InChI=1S/C25H30N4O.C25H32N4O/c1-27(22-14-15-28(17-22)21-6-2-3-7-21)25(30)20-12-10-19(11-13-20)16-29-18-26-23-8-4-5-9-24(23)29;1-18(2)28-15-13-22(14-16-28)27(4)25(30)21-11-9-20(10-12-21)17-29-19(3)26-23-7-5-6-8-24(23)29/h4-5,8-13,18,21-22H,2-3,6-7,14-17H2,1H3;5-12,18,22H,13-17H2,1-4H3/t22-;/m1./s1. The Morgan fingerprint density at radius 3 is 1.85 bits per heavy atom. The Bertz CT molecular complexity index is 2370. The summed E-state index contributed by atoms with van der Waals surface area (Å²) in [5.41, 5.74) is 8.18. The number of likely N-dealkylation sites (tertiary alicyclic amines) is 2. The molecular weight excluding hydrogens is 745 g/mol. The lowest BCUT2D eigenvalue weighted by Gasteiger charge is -2.38. The van der Waals surface area contributed by atoms with Crippen LogP contribution in [0, 0.1) is 6.92 Å². The highest BCUT2D eigenvalue weighted by Gasteiger charge is 2.33. The summed E-state index contributed by atoms with van der Waals surface area (Å²) < 4.78 is 4.37. The van der Waals surface area contributed by atoms with E-state index in [-0.39, 0.29) is 11.8 Å². The Morgan fingerprint density at radius 1 is 0.667 bits per heavy atom. The van der Waals surface area contributed by atoms with Crippen LogP contribution in [0.2, 0.25) is 0 Å². The molecule has 0 N–H and O–H groups in total. The first-order valence-electron chi connectivity index (χ1n) is 22.1. The molecule has 2 aliphatic heterocycles. The number of imidazole rings is 2. The van der Waals surface area contributed by atoms with Gasteiger partial charge < -0.3 is 23.8 Å². The number of amides is 2. The quantitative estimate of drug-likeness (QED) is 0.138. The Morgan fingerprint density at radius 2 is 1.22 bits per heavy atom. The van der Waals surface area contributed by atoms with Crippen LogP contribution in [-0.4, -0.2) is 115 Å². The van der Waals surface area contributed by atoms with Crippen molar-refractivity contribution in [1.82, 2.24) is 38.7 Å². The second-order valence-corrected chi connectivity index (χ2v) is 17.6. The fourth-order valence-corrected chi connectivity index (χ4v) is 9.63. The van der Waals surface area contributed by atoms with Gasteiger partial charge in [0, 0.05) is 88.7 Å². The molecule has 0 unspecified atom stereocenters. The number of aromatic nitrogens is 4. The van der Waals surface area contributed by atoms with Crippen molar-refractivity contribution in [3.63, 3.8) is 0 Å². The number of nitrogens with zero attached hydrogens (tertiary/aromatic N) is 8. The maximum atomic E-state index is 13.1. The molecule has 0 radical (unpaired) electrons. The van der Waals surface area contributed by atoms with E-state index in [1.165, 1.54) is 36.8 Å². The van der Waals surface area contributed by atoms with Crippen LogP contribution in [0.25, 0.3) is 22.1 Å². The minimum Gasteiger partial charge on any atom is -0.339 e. The first-order chi connectivity index (χ1) is 29.1. The van der Waals surface area contributed by atoms with Crippen molar-refractivity contribution in [2.75, 3.05) is 40.3 Å². The Kier molecular flexibility index (Phi) is 12.8. The number of piperidine rings is 1. The number of carbonyl (C=O) groups is 2. The maximum Gasteiger partial charge on any atom is 0.253 e. The van der Waals surface area contributed by atoms with Gasteiger partial charge in [-0.15, -0.1) is 0 Å². The molecule has 1 aliphatic carbocycles. The third-order valence-electron chi connectivity index (χ3n) is 13.5. The molecule has 2 aromatic heterocycles. The van der Waals surface area contributed by atoms with E-state index in [1.807, 2.05) is 97.8 Å². The molecule has 2 amide bonds. The number of fused-ring (bicyclic) bond motifs is 2. The van der Waals surface area contributed by atoms with E-state index in [0.717, 1.165) is 104 Å². The molecule has 4 heterocycles. The van der Waals surface area contributed by atoms with Gasteiger partial charge in [-0.25, -0.2) is 9.97 Å². The van der Waals surface area contributed by atoms with Crippen molar-refractivity contribution in [1.29, 1.82) is 0 Å². The molecule has 3 aliphatic rings. The number of benzene rings is 4. The second-order valence-electron chi connectivity index (χ2n) is 17.6. The van der Waals surface area contributed by atoms with Gasteiger partial charge in [0.15, 0.2) is 0 Å². The summed E-state index contributed by atoms with van der Waals surface area (Å²) in [7, 11) is 3.92. The van der Waals surface area contributed by atoms with Gasteiger partial charge in [-0.05, 0) is 113 Å². The van der Waals surface area contributed by atoms with Crippen LogP contribution in [0.1, 0.15) is 96.5 Å². The van der Waals surface area contributed by atoms with Gasteiger partial charge in [0.25, 0.3) is 11.8 Å². The number of hydrogen-bond acceptors (Lipinski definition) is 6. The van der Waals surface area contributed by atoms with E-state index in [4.69, 9.17) is 0 Å². The summed E-state index contributed by atoms with van der Waals surface area (Å²) in [4.78, 5) is 44.2.